The molecule has 2 aromatic carbocycles. The summed E-state index contributed by atoms with van der Waals surface area (Å²) < 4.78 is 26.7. The number of nitrogens with one attached hydrogen (secondary N) is 3. The zero-order valence-electron chi connectivity index (χ0n) is 19.1. The maximum absolute atomic E-state index is 14.0. The second kappa shape index (κ2) is 9.86. The molecule has 11 nitrogen and oxygen atoms in total. The van der Waals surface area contributed by atoms with E-state index in [2.05, 4.69) is 25.4 Å². The lowest BCUT2D eigenvalue weighted by molar-refractivity contribution is 0.295. The molecule has 1 aliphatic rings. The summed E-state index contributed by atoms with van der Waals surface area (Å²) in [6.07, 6.45) is 3.69. The second-order valence-electron chi connectivity index (χ2n) is 8.04. The number of aromatic nitrogens is 5. The first-order valence-electron chi connectivity index (χ1n) is 11.2. The number of rotatable bonds is 7. The molecule has 0 unspecified atom stereocenters. The highest BCUT2D eigenvalue weighted by atomic mass is 19.1. The van der Waals surface area contributed by atoms with Crippen LogP contribution in [0.4, 0.5) is 10.1 Å². The first-order valence-corrected chi connectivity index (χ1v) is 11.2. The molecule has 2 aromatic heterocycles. The zero-order valence-corrected chi connectivity index (χ0v) is 19.1. The fourth-order valence-electron chi connectivity index (χ4n) is 3.86. The fraction of sp³-hybridized carbons (Fsp3) is 0.208. The SMILES string of the molecule is N=C(N)c1ccc(N[C@@H](c2cc(CF)c3c(c2)OCCCO3)c2nn(-c3ncccn3)c(=O)[nH]2)cc1. The molecule has 3 heterocycles. The standard InChI is InChI=1S/C24H23FN8O3/c25-13-16-11-15(12-18-20(16)36-10-2-9-35-18)19(30-17-5-3-14(4-6-17)21(26)27)22-31-24(34)33(32-22)23-28-7-1-8-29-23/h1,3-8,11-12,19,30H,2,9-10,13H2,(H3,26,27)(H,31,32,34)/t19-/m0/s1. The number of nitrogen functional groups attached to an aromatic ring is 1. The van der Waals surface area contributed by atoms with Crippen LogP contribution in [-0.2, 0) is 6.67 Å². The Balaban J connectivity index is 1.61. The minimum absolute atomic E-state index is 0.0560. The molecule has 1 atom stereocenters. The summed E-state index contributed by atoms with van der Waals surface area (Å²) >= 11 is 0. The van der Waals surface area contributed by atoms with Crippen molar-refractivity contribution in [2.24, 2.45) is 5.73 Å². The number of alkyl halides is 1. The largest absolute Gasteiger partial charge is 0.490 e. The summed E-state index contributed by atoms with van der Waals surface area (Å²) in [7, 11) is 0. The van der Waals surface area contributed by atoms with E-state index in [9.17, 15) is 9.18 Å². The zero-order chi connectivity index (χ0) is 25.1. The minimum atomic E-state index is -0.762. The average Bonchev–Trinajstić information content (AvgIpc) is 3.12. The number of hydrogen-bond acceptors (Lipinski definition) is 8. The highest BCUT2D eigenvalue weighted by molar-refractivity contribution is 5.95. The van der Waals surface area contributed by atoms with E-state index in [0.717, 1.165) is 4.68 Å². The van der Waals surface area contributed by atoms with Crippen molar-refractivity contribution >= 4 is 11.5 Å². The number of H-pyrrole nitrogens is 1. The van der Waals surface area contributed by atoms with Crippen molar-refractivity contribution in [2.75, 3.05) is 18.5 Å². The summed E-state index contributed by atoms with van der Waals surface area (Å²) in [4.78, 5) is 23.7. The molecule has 0 spiro atoms. The van der Waals surface area contributed by atoms with Crippen molar-refractivity contribution in [3.63, 3.8) is 0 Å². The molecule has 0 saturated carbocycles. The number of nitrogens with zero attached hydrogens (tertiary/aromatic N) is 4. The Bertz CT molecular complexity index is 1440. The Morgan fingerprint density at radius 2 is 1.94 bits per heavy atom. The third-order valence-corrected chi connectivity index (χ3v) is 5.58. The summed E-state index contributed by atoms with van der Waals surface area (Å²) in [6, 6.07) is 11.2. The predicted octanol–water partition coefficient (Wildman–Crippen LogP) is 2.47. The van der Waals surface area contributed by atoms with Gasteiger partial charge in [0, 0.05) is 35.6 Å². The molecule has 12 heteroatoms. The third kappa shape index (κ3) is 4.60. The van der Waals surface area contributed by atoms with Gasteiger partial charge in [-0.1, -0.05) is 0 Å². The lowest BCUT2D eigenvalue weighted by Crippen LogP contribution is -2.18. The molecule has 0 saturated heterocycles. The normalized spacial score (nSPS) is 13.6. The Morgan fingerprint density at radius 3 is 2.67 bits per heavy atom. The van der Waals surface area contributed by atoms with E-state index < -0.39 is 18.4 Å². The number of amidine groups is 1. The van der Waals surface area contributed by atoms with Crippen LogP contribution in [-0.4, -0.2) is 43.8 Å². The van der Waals surface area contributed by atoms with Gasteiger partial charge in [0.25, 0.3) is 5.95 Å². The molecule has 0 fully saturated rings. The van der Waals surface area contributed by atoms with Crippen LogP contribution in [0.3, 0.4) is 0 Å². The van der Waals surface area contributed by atoms with Gasteiger partial charge in [-0.05, 0) is 48.0 Å². The van der Waals surface area contributed by atoms with Gasteiger partial charge < -0.3 is 20.5 Å². The van der Waals surface area contributed by atoms with E-state index in [1.165, 1.54) is 12.4 Å². The van der Waals surface area contributed by atoms with Crippen molar-refractivity contribution in [1.29, 1.82) is 5.41 Å². The molecule has 0 bridgehead atoms. The molecule has 0 radical (unpaired) electrons. The lowest BCUT2D eigenvalue weighted by atomic mass is 10.0. The van der Waals surface area contributed by atoms with E-state index in [0.29, 0.717) is 53.5 Å². The summed E-state index contributed by atoms with van der Waals surface area (Å²) in [5, 5.41) is 15.4. The molecule has 4 aromatic rings. The number of nitrogens with two attached hydrogens (primary N) is 1. The molecule has 0 aliphatic carbocycles. The molecule has 5 rings (SSSR count). The molecule has 184 valence electrons. The maximum atomic E-state index is 14.0. The monoisotopic (exact) mass is 490 g/mol. The Hall–Kier alpha value is -4.74. The molecular weight excluding hydrogens is 467 g/mol. The van der Waals surface area contributed by atoms with E-state index in [4.69, 9.17) is 20.6 Å². The summed E-state index contributed by atoms with van der Waals surface area (Å²) in [5.74, 6) is 1.10. The smallest absolute Gasteiger partial charge is 0.350 e. The van der Waals surface area contributed by atoms with Crippen LogP contribution < -0.4 is 26.2 Å². The number of aromatic amines is 1. The number of halogens is 1. The predicted molar refractivity (Wildman–Crippen MR) is 130 cm³/mol. The second-order valence-corrected chi connectivity index (χ2v) is 8.04. The van der Waals surface area contributed by atoms with Gasteiger partial charge in [0.1, 0.15) is 18.6 Å². The van der Waals surface area contributed by atoms with Crippen molar-refractivity contribution in [2.45, 2.75) is 19.1 Å². The third-order valence-electron chi connectivity index (χ3n) is 5.58. The van der Waals surface area contributed by atoms with Crippen molar-refractivity contribution < 1.29 is 13.9 Å². The Kier molecular flexibility index (Phi) is 6.31. The molecular formula is C24H23FN8O3. The fourth-order valence-corrected chi connectivity index (χ4v) is 3.86. The quantitative estimate of drug-likeness (QED) is 0.227. The highest BCUT2D eigenvalue weighted by Crippen LogP contribution is 2.38. The van der Waals surface area contributed by atoms with Crippen molar-refractivity contribution in [1.82, 2.24) is 24.7 Å². The van der Waals surface area contributed by atoms with Gasteiger partial charge in [-0.15, -0.1) is 9.78 Å². The van der Waals surface area contributed by atoms with E-state index in [1.807, 2.05) is 0 Å². The van der Waals surface area contributed by atoms with Crippen molar-refractivity contribution in [3.05, 3.63) is 87.9 Å². The van der Waals surface area contributed by atoms with Gasteiger partial charge in [0.2, 0.25) is 0 Å². The molecule has 5 N–H and O–H groups in total. The number of anilines is 1. The van der Waals surface area contributed by atoms with E-state index in [1.54, 1.807) is 42.5 Å². The number of hydrogen-bond donors (Lipinski definition) is 4. The van der Waals surface area contributed by atoms with Gasteiger partial charge in [0.05, 0.1) is 13.2 Å². The Labute approximate surface area is 204 Å². The number of benzene rings is 2. The lowest BCUT2D eigenvalue weighted by Gasteiger charge is -2.21. The van der Waals surface area contributed by atoms with Gasteiger partial charge in [0.15, 0.2) is 17.3 Å². The topological polar surface area (TPSA) is 157 Å². The number of ether oxygens (including phenoxy) is 2. The number of fused-ring (bicyclic) bond motifs is 1. The van der Waals surface area contributed by atoms with Crippen LogP contribution in [0.15, 0.2) is 59.7 Å². The first kappa shape index (κ1) is 23.0. The van der Waals surface area contributed by atoms with Crippen LogP contribution in [0.1, 0.15) is 35.0 Å². The van der Waals surface area contributed by atoms with Gasteiger partial charge in [-0.2, -0.15) is 0 Å². The van der Waals surface area contributed by atoms with Crippen LogP contribution in [0.5, 0.6) is 11.5 Å². The first-order chi connectivity index (χ1) is 17.5. The van der Waals surface area contributed by atoms with Crippen LogP contribution in [0, 0.1) is 5.41 Å². The summed E-state index contributed by atoms with van der Waals surface area (Å²) in [6.45, 7) is 0.101. The minimum Gasteiger partial charge on any atom is -0.490 e. The van der Waals surface area contributed by atoms with Gasteiger partial charge in [-0.25, -0.2) is 19.2 Å². The van der Waals surface area contributed by atoms with E-state index >= 15 is 0 Å². The Morgan fingerprint density at radius 1 is 1.19 bits per heavy atom. The van der Waals surface area contributed by atoms with Crippen LogP contribution in [0.2, 0.25) is 0 Å². The average molecular weight is 490 g/mol. The maximum Gasteiger partial charge on any atom is 0.350 e. The van der Waals surface area contributed by atoms with E-state index in [-0.39, 0.29) is 17.6 Å². The van der Waals surface area contributed by atoms with Crippen LogP contribution >= 0.6 is 0 Å². The molecule has 0 amide bonds. The van der Waals surface area contributed by atoms with Crippen LogP contribution in [0.25, 0.3) is 5.95 Å². The molecule has 36 heavy (non-hydrogen) atoms. The summed E-state index contributed by atoms with van der Waals surface area (Å²) in [5.41, 5.74) is 7.18. The van der Waals surface area contributed by atoms with Gasteiger partial charge >= 0.3 is 5.69 Å². The highest BCUT2D eigenvalue weighted by Gasteiger charge is 2.25. The molecule has 1 aliphatic heterocycles. The van der Waals surface area contributed by atoms with Gasteiger partial charge in [-0.3, -0.25) is 10.4 Å². The van der Waals surface area contributed by atoms with Crippen molar-refractivity contribution in [3.8, 4) is 17.4 Å².